The highest BCUT2D eigenvalue weighted by molar-refractivity contribution is 9.10. The lowest BCUT2D eigenvalue weighted by molar-refractivity contribution is -0.138. The first-order chi connectivity index (χ1) is 7.13. The molecule has 1 N–H and O–H groups in total. The maximum Gasteiger partial charge on any atom is 0.317 e. The number of carboxylic acid groups (broad SMARTS) is 1. The van der Waals surface area contributed by atoms with Crippen LogP contribution in [-0.4, -0.2) is 29.1 Å². The highest BCUT2D eigenvalue weighted by atomic mass is 79.9. The second-order valence-corrected chi connectivity index (χ2v) is 4.90. The third kappa shape index (κ3) is 4.15. The molecule has 0 spiro atoms. The number of thiophene rings is 1. The summed E-state index contributed by atoms with van der Waals surface area (Å²) >= 11 is 5.04. The molecule has 0 aromatic carbocycles. The van der Waals surface area contributed by atoms with Crippen molar-refractivity contribution < 1.29 is 9.90 Å². The van der Waals surface area contributed by atoms with Crippen LogP contribution in [0.4, 0.5) is 0 Å². The zero-order valence-electron chi connectivity index (χ0n) is 8.15. The quantitative estimate of drug-likeness (QED) is 0.819. The summed E-state index contributed by atoms with van der Waals surface area (Å²) in [6.07, 6.45) is 1.71. The van der Waals surface area contributed by atoms with Crippen LogP contribution in [0.3, 0.4) is 0 Å². The summed E-state index contributed by atoms with van der Waals surface area (Å²) in [6, 6.07) is 1.97. The van der Waals surface area contributed by atoms with E-state index in [9.17, 15) is 4.79 Å². The third-order valence-corrected chi connectivity index (χ3v) is 3.72. The molecule has 0 saturated carbocycles. The molecule has 0 aliphatic rings. The minimum absolute atomic E-state index is 0.0381. The van der Waals surface area contributed by atoms with Gasteiger partial charge in [-0.05, 0) is 27.4 Å². The molecule has 0 unspecified atom stereocenters. The van der Waals surface area contributed by atoms with Crippen LogP contribution < -0.4 is 0 Å². The number of carboxylic acids is 1. The molecule has 0 amide bonds. The summed E-state index contributed by atoms with van der Waals surface area (Å²) < 4.78 is 1.03. The fraction of sp³-hybridized carbons (Fsp3) is 0.300. The fourth-order valence-electron chi connectivity index (χ4n) is 1.20. The molecule has 1 aromatic rings. The number of nitrogens with zero attached hydrogens (tertiary/aromatic N) is 1. The minimum atomic E-state index is -0.815. The molecular weight excluding hydrogens is 278 g/mol. The van der Waals surface area contributed by atoms with Gasteiger partial charge in [-0.2, -0.15) is 0 Å². The predicted octanol–water partition coefficient (Wildman–Crippen LogP) is 2.58. The van der Waals surface area contributed by atoms with E-state index in [0.717, 1.165) is 9.35 Å². The van der Waals surface area contributed by atoms with E-state index in [2.05, 4.69) is 22.5 Å². The van der Waals surface area contributed by atoms with Crippen LogP contribution in [-0.2, 0) is 11.3 Å². The summed E-state index contributed by atoms with van der Waals surface area (Å²) in [5.74, 6) is -0.815. The van der Waals surface area contributed by atoms with E-state index in [4.69, 9.17) is 5.11 Å². The van der Waals surface area contributed by atoms with Gasteiger partial charge in [0.05, 0.1) is 6.54 Å². The molecular formula is C10H12BrNO2S. The van der Waals surface area contributed by atoms with E-state index in [-0.39, 0.29) is 6.54 Å². The zero-order valence-corrected chi connectivity index (χ0v) is 10.6. The van der Waals surface area contributed by atoms with Gasteiger partial charge in [0.15, 0.2) is 0 Å². The Kier molecular flexibility index (Phi) is 5.01. The van der Waals surface area contributed by atoms with Gasteiger partial charge in [0.1, 0.15) is 0 Å². The minimum Gasteiger partial charge on any atom is -0.480 e. The standard InChI is InChI=1S/C10H12BrNO2S/c1-2-4-12(7-10(13)14)6-9-8(11)3-5-15-9/h2-3,5H,1,4,6-7H2,(H,13,14). The fourth-order valence-corrected chi connectivity index (χ4v) is 2.72. The summed E-state index contributed by atoms with van der Waals surface area (Å²) in [4.78, 5) is 13.6. The SMILES string of the molecule is C=CCN(CC(=O)O)Cc1sccc1Br. The first kappa shape index (κ1) is 12.4. The molecule has 15 heavy (non-hydrogen) atoms. The summed E-state index contributed by atoms with van der Waals surface area (Å²) in [6.45, 7) is 4.87. The highest BCUT2D eigenvalue weighted by Gasteiger charge is 2.11. The van der Waals surface area contributed by atoms with Crippen molar-refractivity contribution in [2.24, 2.45) is 0 Å². The number of aliphatic carboxylic acids is 1. The first-order valence-corrected chi connectivity index (χ1v) is 6.07. The van der Waals surface area contributed by atoms with Crippen LogP contribution in [0.5, 0.6) is 0 Å². The Balaban J connectivity index is 2.61. The number of rotatable bonds is 6. The molecule has 0 fully saturated rings. The van der Waals surface area contributed by atoms with Crippen molar-refractivity contribution in [3.8, 4) is 0 Å². The van der Waals surface area contributed by atoms with Crippen LogP contribution in [0.15, 0.2) is 28.6 Å². The summed E-state index contributed by atoms with van der Waals surface area (Å²) in [7, 11) is 0. The Hall–Kier alpha value is -0.650. The van der Waals surface area contributed by atoms with Crippen LogP contribution in [0.25, 0.3) is 0 Å². The lowest BCUT2D eigenvalue weighted by Gasteiger charge is -2.17. The summed E-state index contributed by atoms with van der Waals surface area (Å²) in [5, 5.41) is 10.7. The van der Waals surface area contributed by atoms with Gasteiger partial charge in [0.2, 0.25) is 0 Å². The molecule has 1 rings (SSSR count). The third-order valence-electron chi connectivity index (χ3n) is 1.80. The predicted molar refractivity (Wildman–Crippen MR) is 65.1 cm³/mol. The van der Waals surface area contributed by atoms with Gasteiger partial charge in [-0.1, -0.05) is 6.08 Å². The molecule has 0 atom stereocenters. The topological polar surface area (TPSA) is 40.5 Å². The van der Waals surface area contributed by atoms with Crippen molar-refractivity contribution in [2.45, 2.75) is 6.54 Å². The van der Waals surface area contributed by atoms with Crippen molar-refractivity contribution in [1.82, 2.24) is 4.90 Å². The lowest BCUT2D eigenvalue weighted by Crippen LogP contribution is -2.29. The van der Waals surface area contributed by atoms with Gasteiger partial charge < -0.3 is 5.11 Å². The Bertz CT molecular complexity index is 351. The smallest absolute Gasteiger partial charge is 0.317 e. The molecule has 3 nitrogen and oxygen atoms in total. The second kappa shape index (κ2) is 6.05. The molecule has 0 bridgehead atoms. The maximum atomic E-state index is 10.6. The van der Waals surface area contributed by atoms with Gasteiger partial charge in [-0.25, -0.2) is 0 Å². The number of hydrogen-bond donors (Lipinski definition) is 1. The molecule has 1 heterocycles. The number of hydrogen-bond acceptors (Lipinski definition) is 3. The van der Waals surface area contributed by atoms with Gasteiger partial charge in [-0.15, -0.1) is 17.9 Å². The lowest BCUT2D eigenvalue weighted by atomic mass is 10.4. The molecule has 82 valence electrons. The van der Waals surface area contributed by atoms with E-state index < -0.39 is 5.97 Å². The second-order valence-electron chi connectivity index (χ2n) is 3.04. The normalized spacial score (nSPS) is 10.5. The van der Waals surface area contributed by atoms with Gasteiger partial charge in [0, 0.05) is 22.4 Å². The first-order valence-electron chi connectivity index (χ1n) is 4.40. The van der Waals surface area contributed by atoms with E-state index in [0.29, 0.717) is 13.1 Å². The van der Waals surface area contributed by atoms with Gasteiger partial charge >= 0.3 is 5.97 Å². The maximum absolute atomic E-state index is 10.6. The Morgan fingerprint density at radius 2 is 2.47 bits per heavy atom. The van der Waals surface area contributed by atoms with Crippen LogP contribution in [0.2, 0.25) is 0 Å². The van der Waals surface area contributed by atoms with E-state index in [1.807, 2.05) is 16.3 Å². The van der Waals surface area contributed by atoms with E-state index in [1.54, 1.807) is 17.4 Å². The number of halogens is 1. The van der Waals surface area contributed by atoms with Crippen molar-refractivity contribution >= 4 is 33.2 Å². The van der Waals surface area contributed by atoms with Crippen LogP contribution >= 0.6 is 27.3 Å². The molecule has 0 saturated heterocycles. The molecule has 0 aliphatic carbocycles. The van der Waals surface area contributed by atoms with Gasteiger partial charge in [0.25, 0.3) is 0 Å². The highest BCUT2D eigenvalue weighted by Crippen LogP contribution is 2.23. The van der Waals surface area contributed by atoms with Crippen molar-refractivity contribution in [3.05, 3.63) is 33.5 Å². The van der Waals surface area contributed by atoms with Gasteiger partial charge in [-0.3, -0.25) is 9.69 Å². The molecule has 0 aliphatic heterocycles. The Morgan fingerprint density at radius 1 is 1.73 bits per heavy atom. The van der Waals surface area contributed by atoms with Crippen molar-refractivity contribution in [3.63, 3.8) is 0 Å². The zero-order chi connectivity index (χ0) is 11.3. The van der Waals surface area contributed by atoms with Crippen LogP contribution in [0, 0.1) is 0 Å². The monoisotopic (exact) mass is 289 g/mol. The van der Waals surface area contributed by atoms with Crippen LogP contribution in [0.1, 0.15) is 4.88 Å². The molecule has 5 heteroatoms. The molecule has 1 aromatic heterocycles. The van der Waals surface area contributed by atoms with E-state index in [1.165, 1.54) is 0 Å². The average Bonchev–Trinajstić information content (AvgIpc) is 2.51. The van der Waals surface area contributed by atoms with Crippen molar-refractivity contribution in [1.29, 1.82) is 0 Å². The van der Waals surface area contributed by atoms with E-state index >= 15 is 0 Å². The summed E-state index contributed by atoms with van der Waals surface area (Å²) in [5.41, 5.74) is 0. The Morgan fingerprint density at radius 3 is 2.93 bits per heavy atom. The Labute approximate surface area is 101 Å². The largest absolute Gasteiger partial charge is 0.480 e. The molecule has 0 radical (unpaired) electrons. The van der Waals surface area contributed by atoms with Crippen molar-refractivity contribution in [2.75, 3.05) is 13.1 Å². The number of carbonyl (C=O) groups is 1. The average molecular weight is 290 g/mol.